The molecule has 0 unspecified atom stereocenters. The highest BCUT2D eigenvalue weighted by Crippen LogP contribution is 2.29. The molecule has 3 rings (SSSR count). The van der Waals surface area contributed by atoms with Crippen LogP contribution in [0.25, 0.3) is 0 Å². The number of halogens is 1. The van der Waals surface area contributed by atoms with Crippen LogP contribution in [-0.2, 0) is 4.79 Å². The fraction of sp³-hybridized carbons (Fsp3) is 0.130. The minimum atomic E-state index is -0.619. The Bertz CT molecular complexity index is 1160. The number of hydrogen-bond acceptors (Lipinski definition) is 7. The summed E-state index contributed by atoms with van der Waals surface area (Å²) in [5.74, 6) is -1.02. The molecule has 170 valence electrons. The van der Waals surface area contributed by atoms with Crippen LogP contribution in [0.2, 0.25) is 5.02 Å². The van der Waals surface area contributed by atoms with Crippen LogP contribution in [0.1, 0.15) is 33.4 Å². The Morgan fingerprint density at radius 2 is 1.91 bits per heavy atom. The average Bonchev–Trinajstić information content (AvgIpc) is 3.35. The predicted molar refractivity (Wildman–Crippen MR) is 121 cm³/mol. The van der Waals surface area contributed by atoms with Crippen molar-refractivity contribution < 1.29 is 28.3 Å². The van der Waals surface area contributed by atoms with Gasteiger partial charge < -0.3 is 19.2 Å². The molecule has 3 aromatic rings. The summed E-state index contributed by atoms with van der Waals surface area (Å²) in [6, 6.07) is 14.4. The minimum Gasteiger partial charge on any atom is -0.490 e. The number of amides is 2. The van der Waals surface area contributed by atoms with E-state index in [1.165, 1.54) is 18.5 Å². The molecule has 2 aromatic carbocycles. The first-order chi connectivity index (χ1) is 16.0. The lowest BCUT2D eigenvalue weighted by molar-refractivity contribution is -0.120. The molecule has 33 heavy (non-hydrogen) atoms. The Morgan fingerprint density at radius 1 is 1.09 bits per heavy atom. The van der Waals surface area contributed by atoms with E-state index in [1.807, 2.05) is 0 Å². The van der Waals surface area contributed by atoms with Crippen molar-refractivity contribution in [3.05, 3.63) is 82.8 Å². The van der Waals surface area contributed by atoms with E-state index in [0.717, 1.165) is 0 Å². The Balaban J connectivity index is 1.59. The van der Waals surface area contributed by atoms with Gasteiger partial charge in [-0.3, -0.25) is 9.59 Å². The van der Waals surface area contributed by atoms with Crippen molar-refractivity contribution in [3.63, 3.8) is 0 Å². The summed E-state index contributed by atoms with van der Waals surface area (Å²) in [4.78, 5) is 36.0. The second-order valence-corrected chi connectivity index (χ2v) is 6.87. The quantitative estimate of drug-likeness (QED) is 0.214. The molecule has 0 atom stereocenters. The van der Waals surface area contributed by atoms with Gasteiger partial charge in [-0.15, -0.1) is 0 Å². The molecule has 1 heterocycles. The van der Waals surface area contributed by atoms with Gasteiger partial charge in [0.25, 0.3) is 11.8 Å². The molecule has 0 fully saturated rings. The lowest BCUT2D eigenvalue weighted by Crippen LogP contribution is -2.34. The van der Waals surface area contributed by atoms with Gasteiger partial charge in [-0.1, -0.05) is 23.7 Å². The van der Waals surface area contributed by atoms with E-state index in [-0.39, 0.29) is 28.6 Å². The van der Waals surface area contributed by atoms with Gasteiger partial charge in [0.05, 0.1) is 36.2 Å². The van der Waals surface area contributed by atoms with Gasteiger partial charge >= 0.3 is 5.97 Å². The zero-order valence-corrected chi connectivity index (χ0v) is 18.3. The molecule has 10 heteroatoms. The van der Waals surface area contributed by atoms with E-state index in [4.69, 9.17) is 25.5 Å². The van der Waals surface area contributed by atoms with Crippen LogP contribution in [0.5, 0.6) is 11.5 Å². The first kappa shape index (κ1) is 23.6. The largest absolute Gasteiger partial charge is 0.490 e. The Morgan fingerprint density at radius 3 is 2.64 bits per heavy atom. The van der Waals surface area contributed by atoms with Crippen LogP contribution >= 0.6 is 11.6 Å². The van der Waals surface area contributed by atoms with E-state index in [2.05, 4.69) is 15.8 Å². The number of carbonyl (C=O) groups is 3. The van der Waals surface area contributed by atoms with Gasteiger partial charge in [-0.05, 0) is 55.0 Å². The first-order valence-electron chi connectivity index (χ1n) is 9.85. The molecule has 2 N–H and O–H groups in total. The maximum atomic E-state index is 12.4. The standard InChI is InChI=1S/C23H20ClN3O6/c1-2-31-20-12-15(9-10-18(20)33-23(30)16-6-3-4-7-17(16)24)13-26-27-21(28)14-25-22(29)19-8-5-11-32-19/h3-13H,2,14H2,1H3,(H,25,29)(H,27,28)/b26-13+. The molecule has 0 saturated heterocycles. The molecule has 2 amide bonds. The molecule has 0 saturated carbocycles. The number of nitrogens with one attached hydrogen (secondary N) is 2. The maximum Gasteiger partial charge on any atom is 0.345 e. The Labute approximate surface area is 194 Å². The second kappa shape index (κ2) is 11.5. The van der Waals surface area contributed by atoms with Crippen LogP contribution in [0.15, 0.2) is 70.4 Å². The number of rotatable bonds is 9. The van der Waals surface area contributed by atoms with E-state index in [9.17, 15) is 14.4 Å². The number of carbonyl (C=O) groups excluding carboxylic acids is 3. The lowest BCUT2D eigenvalue weighted by Gasteiger charge is -2.12. The maximum absolute atomic E-state index is 12.4. The fourth-order valence-electron chi connectivity index (χ4n) is 2.61. The molecule has 9 nitrogen and oxygen atoms in total. The topological polar surface area (TPSA) is 119 Å². The number of esters is 1. The van der Waals surface area contributed by atoms with Gasteiger partial charge in [0.15, 0.2) is 17.3 Å². The third-order valence-corrected chi connectivity index (χ3v) is 4.45. The zero-order chi connectivity index (χ0) is 23.6. The van der Waals surface area contributed by atoms with Gasteiger partial charge in [0.1, 0.15) is 0 Å². The summed E-state index contributed by atoms with van der Waals surface area (Å²) in [6.45, 7) is 1.85. The molecule has 0 aliphatic carbocycles. The van der Waals surface area contributed by atoms with Gasteiger partial charge in [-0.2, -0.15) is 5.10 Å². The second-order valence-electron chi connectivity index (χ2n) is 6.46. The summed E-state index contributed by atoms with van der Waals surface area (Å²) >= 11 is 6.05. The van der Waals surface area contributed by atoms with E-state index >= 15 is 0 Å². The van der Waals surface area contributed by atoms with Crippen molar-refractivity contribution in [1.82, 2.24) is 10.7 Å². The van der Waals surface area contributed by atoms with E-state index in [1.54, 1.807) is 55.5 Å². The van der Waals surface area contributed by atoms with Crippen LogP contribution in [0.4, 0.5) is 0 Å². The molecule has 0 spiro atoms. The number of hydrogen-bond donors (Lipinski definition) is 2. The molecule has 0 aliphatic heterocycles. The number of hydrazone groups is 1. The molecule has 0 bridgehead atoms. The predicted octanol–water partition coefficient (Wildman–Crippen LogP) is 3.43. The highest BCUT2D eigenvalue weighted by Gasteiger charge is 2.15. The number of ether oxygens (including phenoxy) is 2. The third-order valence-electron chi connectivity index (χ3n) is 4.12. The molecule has 0 radical (unpaired) electrons. The van der Waals surface area contributed by atoms with Gasteiger partial charge in [0.2, 0.25) is 0 Å². The number of furan rings is 1. The van der Waals surface area contributed by atoms with Crippen LogP contribution in [-0.4, -0.2) is 37.1 Å². The Hall–Kier alpha value is -4.11. The Kier molecular flexibility index (Phi) is 8.20. The van der Waals surface area contributed by atoms with Crippen molar-refractivity contribution in [2.24, 2.45) is 5.10 Å². The minimum absolute atomic E-state index is 0.102. The zero-order valence-electron chi connectivity index (χ0n) is 17.5. The molecular weight excluding hydrogens is 450 g/mol. The van der Waals surface area contributed by atoms with Crippen molar-refractivity contribution in [2.75, 3.05) is 13.2 Å². The first-order valence-corrected chi connectivity index (χ1v) is 10.2. The fourth-order valence-corrected chi connectivity index (χ4v) is 2.83. The van der Waals surface area contributed by atoms with Crippen LogP contribution < -0.4 is 20.2 Å². The highest BCUT2D eigenvalue weighted by atomic mass is 35.5. The van der Waals surface area contributed by atoms with Crippen molar-refractivity contribution >= 4 is 35.6 Å². The SMILES string of the molecule is CCOc1cc(/C=N/NC(=O)CNC(=O)c2ccco2)ccc1OC(=O)c1ccccc1Cl. The highest BCUT2D eigenvalue weighted by molar-refractivity contribution is 6.33. The normalized spacial score (nSPS) is 10.6. The smallest absolute Gasteiger partial charge is 0.345 e. The average molecular weight is 470 g/mol. The summed E-state index contributed by atoms with van der Waals surface area (Å²) < 4.78 is 15.9. The molecule has 0 aliphatic rings. The van der Waals surface area contributed by atoms with Gasteiger partial charge in [-0.25, -0.2) is 10.2 Å². The third kappa shape index (κ3) is 6.68. The number of benzene rings is 2. The molecule has 1 aromatic heterocycles. The van der Waals surface area contributed by atoms with E-state index in [0.29, 0.717) is 17.9 Å². The number of nitrogens with zero attached hydrogens (tertiary/aromatic N) is 1. The summed E-state index contributed by atoms with van der Waals surface area (Å²) in [5, 5.41) is 6.54. The summed E-state index contributed by atoms with van der Waals surface area (Å²) in [6.07, 6.45) is 2.74. The summed E-state index contributed by atoms with van der Waals surface area (Å²) in [5.41, 5.74) is 3.11. The van der Waals surface area contributed by atoms with E-state index < -0.39 is 17.8 Å². The van der Waals surface area contributed by atoms with Crippen molar-refractivity contribution in [3.8, 4) is 11.5 Å². The van der Waals surface area contributed by atoms with Crippen molar-refractivity contribution in [1.29, 1.82) is 0 Å². The van der Waals surface area contributed by atoms with Gasteiger partial charge in [0, 0.05) is 0 Å². The lowest BCUT2D eigenvalue weighted by atomic mass is 10.2. The van der Waals surface area contributed by atoms with Crippen LogP contribution in [0, 0.1) is 0 Å². The monoisotopic (exact) mass is 469 g/mol. The van der Waals surface area contributed by atoms with Crippen molar-refractivity contribution in [2.45, 2.75) is 6.92 Å². The summed E-state index contributed by atoms with van der Waals surface area (Å²) in [7, 11) is 0. The van der Waals surface area contributed by atoms with Crippen LogP contribution in [0.3, 0.4) is 0 Å². The molecular formula is C23H20ClN3O6.